The van der Waals surface area contributed by atoms with Crippen LogP contribution in [0.25, 0.3) is 0 Å². The molecular formula is C22H30N2O4. The summed E-state index contributed by atoms with van der Waals surface area (Å²) in [7, 11) is 0. The number of benzene rings is 2. The Balaban J connectivity index is 1.99. The number of nitrogens with one attached hydrogen (secondary N) is 1. The molecule has 2 aromatic rings. The van der Waals surface area contributed by atoms with Gasteiger partial charge in [0.1, 0.15) is 18.5 Å². The average Bonchev–Trinajstić information content (AvgIpc) is 2.70. The second kappa shape index (κ2) is 10.8. The van der Waals surface area contributed by atoms with E-state index in [0.717, 1.165) is 29.7 Å². The summed E-state index contributed by atoms with van der Waals surface area (Å²) in [5.41, 5.74) is 1.97. The second-order valence-electron chi connectivity index (χ2n) is 7.29. The van der Waals surface area contributed by atoms with E-state index >= 15 is 0 Å². The maximum Gasteiger partial charge on any atom is 0.269 e. The molecule has 0 saturated carbocycles. The van der Waals surface area contributed by atoms with Crippen LogP contribution in [0.5, 0.6) is 5.75 Å². The molecule has 0 aliphatic rings. The van der Waals surface area contributed by atoms with Crippen LogP contribution in [0.2, 0.25) is 0 Å². The van der Waals surface area contributed by atoms with Crippen LogP contribution >= 0.6 is 0 Å². The lowest BCUT2D eigenvalue weighted by molar-refractivity contribution is -0.384. The van der Waals surface area contributed by atoms with Gasteiger partial charge < -0.3 is 15.2 Å². The molecule has 2 aromatic carbocycles. The highest BCUT2D eigenvalue weighted by molar-refractivity contribution is 5.36. The molecule has 2 rings (SSSR count). The monoisotopic (exact) mass is 386 g/mol. The Labute approximate surface area is 166 Å². The van der Waals surface area contributed by atoms with E-state index in [0.29, 0.717) is 12.5 Å². The highest BCUT2D eigenvalue weighted by Gasteiger charge is 2.18. The molecule has 6 nitrogen and oxygen atoms in total. The summed E-state index contributed by atoms with van der Waals surface area (Å²) in [5.74, 6) is 1.22. The maximum absolute atomic E-state index is 11.1. The molecule has 0 bridgehead atoms. The second-order valence-corrected chi connectivity index (χ2v) is 7.29. The van der Waals surface area contributed by atoms with E-state index in [1.165, 1.54) is 6.07 Å². The molecule has 0 aliphatic heterocycles. The minimum atomic E-state index is -0.683. The van der Waals surface area contributed by atoms with Gasteiger partial charge in [0.25, 0.3) is 5.69 Å². The standard InChI is InChI=1S/C22H30N2O4/c1-4-16(2)12-21(18-9-7-10-19(13-18)24(26)27)23-14-20(25)15-28-22-11-6-5-8-17(22)3/h5-11,13,16,20-21,23,25H,4,12,14-15H2,1-3H3/t16?,20-,21-/m0/s1. The Morgan fingerprint density at radius 2 is 1.96 bits per heavy atom. The van der Waals surface area contributed by atoms with Gasteiger partial charge in [0, 0.05) is 24.7 Å². The predicted molar refractivity (Wildman–Crippen MR) is 111 cm³/mol. The maximum atomic E-state index is 11.1. The number of non-ortho nitro benzene ring substituents is 1. The molecule has 152 valence electrons. The number of aliphatic hydroxyl groups excluding tert-OH is 1. The van der Waals surface area contributed by atoms with Gasteiger partial charge >= 0.3 is 0 Å². The number of para-hydroxylation sites is 1. The molecule has 0 fully saturated rings. The summed E-state index contributed by atoms with van der Waals surface area (Å²) < 4.78 is 5.71. The lowest BCUT2D eigenvalue weighted by Gasteiger charge is -2.24. The topological polar surface area (TPSA) is 84.6 Å². The van der Waals surface area contributed by atoms with Crippen molar-refractivity contribution in [2.75, 3.05) is 13.2 Å². The molecule has 1 unspecified atom stereocenters. The van der Waals surface area contributed by atoms with Crippen LogP contribution < -0.4 is 10.1 Å². The van der Waals surface area contributed by atoms with Crippen molar-refractivity contribution in [2.24, 2.45) is 5.92 Å². The highest BCUT2D eigenvalue weighted by atomic mass is 16.6. The molecule has 0 aromatic heterocycles. The fourth-order valence-corrected chi connectivity index (χ4v) is 3.00. The third kappa shape index (κ3) is 6.62. The zero-order chi connectivity index (χ0) is 20.5. The lowest BCUT2D eigenvalue weighted by atomic mass is 9.94. The fourth-order valence-electron chi connectivity index (χ4n) is 3.00. The molecule has 6 heteroatoms. The molecule has 0 spiro atoms. The Hall–Kier alpha value is -2.44. The van der Waals surface area contributed by atoms with E-state index in [9.17, 15) is 15.2 Å². The quantitative estimate of drug-likeness (QED) is 0.441. The minimum Gasteiger partial charge on any atom is -0.491 e. The number of hydrogen-bond acceptors (Lipinski definition) is 5. The summed E-state index contributed by atoms with van der Waals surface area (Å²) in [5, 5.41) is 24.8. The third-order valence-electron chi connectivity index (χ3n) is 4.94. The number of ether oxygens (including phenoxy) is 1. The Morgan fingerprint density at radius 1 is 1.21 bits per heavy atom. The van der Waals surface area contributed by atoms with E-state index in [4.69, 9.17) is 4.74 Å². The lowest BCUT2D eigenvalue weighted by Crippen LogP contribution is -2.34. The van der Waals surface area contributed by atoms with Crippen LogP contribution in [-0.2, 0) is 0 Å². The first kappa shape index (κ1) is 21.9. The third-order valence-corrected chi connectivity index (χ3v) is 4.94. The molecule has 0 aliphatic carbocycles. The Bertz CT molecular complexity index is 766. The molecule has 0 heterocycles. The molecule has 0 amide bonds. The largest absolute Gasteiger partial charge is 0.491 e. The summed E-state index contributed by atoms with van der Waals surface area (Å²) in [4.78, 5) is 10.7. The average molecular weight is 386 g/mol. The number of hydrogen-bond donors (Lipinski definition) is 2. The molecule has 28 heavy (non-hydrogen) atoms. The van der Waals surface area contributed by atoms with Gasteiger partial charge in [-0.05, 0) is 36.5 Å². The Morgan fingerprint density at radius 3 is 2.64 bits per heavy atom. The van der Waals surface area contributed by atoms with Gasteiger partial charge in [0.15, 0.2) is 0 Å². The summed E-state index contributed by atoms with van der Waals surface area (Å²) in [6, 6.07) is 14.3. The number of rotatable bonds is 11. The van der Waals surface area contributed by atoms with Crippen LogP contribution in [0.1, 0.15) is 43.9 Å². The molecule has 0 saturated heterocycles. The first-order chi connectivity index (χ1) is 13.4. The van der Waals surface area contributed by atoms with Crippen molar-refractivity contribution in [3.8, 4) is 5.75 Å². The predicted octanol–water partition coefficient (Wildman–Crippen LogP) is 4.41. The van der Waals surface area contributed by atoms with Crippen LogP contribution in [0, 0.1) is 23.0 Å². The van der Waals surface area contributed by atoms with E-state index < -0.39 is 6.10 Å². The van der Waals surface area contributed by atoms with Gasteiger partial charge in [0.05, 0.1) is 4.92 Å². The van der Waals surface area contributed by atoms with Crippen molar-refractivity contribution in [1.29, 1.82) is 0 Å². The van der Waals surface area contributed by atoms with Crippen LogP contribution in [0.15, 0.2) is 48.5 Å². The van der Waals surface area contributed by atoms with Gasteiger partial charge in [-0.15, -0.1) is 0 Å². The summed E-state index contributed by atoms with van der Waals surface area (Å²) in [6.45, 7) is 6.77. The van der Waals surface area contributed by atoms with Crippen molar-refractivity contribution < 1.29 is 14.8 Å². The van der Waals surface area contributed by atoms with Crippen molar-refractivity contribution >= 4 is 5.69 Å². The SMILES string of the molecule is CCC(C)C[C@H](NC[C@H](O)COc1ccccc1C)c1cccc([N+](=O)[O-])c1. The van der Waals surface area contributed by atoms with E-state index in [-0.39, 0.29) is 23.3 Å². The van der Waals surface area contributed by atoms with E-state index in [1.807, 2.05) is 37.3 Å². The van der Waals surface area contributed by atoms with Crippen molar-refractivity contribution in [3.63, 3.8) is 0 Å². The first-order valence-electron chi connectivity index (χ1n) is 9.75. The van der Waals surface area contributed by atoms with E-state index in [1.54, 1.807) is 12.1 Å². The van der Waals surface area contributed by atoms with Crippen LogP contribution in [-0.4, -0.2) is 29.3 Å². The smallest absolute Gasteiger partial charge is 0.269 e. The minimum absolute atomic E-state index is 0.0667. The van der Waals surface area contributed by atoms with Crippen LogP contribution in [0.3, 0.4) is 0 Å². The first-order valence-corrected chi connectivity index (χ1v) is 9.75. The van der Waals surface area contributed by atoms with Gasteiger partial charge in [0.2, 0.25) is 0 Å². The number of nitro groups is 1. The number of nitrogens with zero attached hydrogens (tertiary/aromatic N) is 1. The Kier molecular flexibility index (Phi) is 8.42. The fraction of sp³-hybridized carbons (Fsp3) is 0.455. The van der Waals surface area contributed by atoms with Gasteiger partial charge in [-0.25, -0.2) is 0 Å². The van der Waals surface area contributed by atoms with Crippen molar-refractivity contribution in [1.82, 2.24) is 5.32 Å². The summed E-state index contributed by atoms with van der Waals surface area (Å²) in [6.07, 6.45) is 1.17. The zero-order valence-electron chi connectivity index (χ0n) is 16.8. The van der Waals surface area contributed by atoms with Gasteiger partial charge in [-0.1, -0.05) is 50.6 Å². The zero-order valence-corrected chi connectivity index (χ0v) is 16.8. The molecular weight excluding hydrogens is 356 g/mol. The van der Waals surface area contributed by atoms with E-state index in [2.05, 4.69) is 19.2 Å². The summed E-state index contributed by atoms with van der Waals surface area (Å²) >= 11 is 0. The van der Waals surface area contributed by atoms with Crippen molar-refractivity contribution in [2.45, 2.75) is 45.8 Å². The molecule has 3 atom stereocenters. The molecule has 2 N–H and O–H groups in total. The van der Waals surface area contributed by atoms with Crippen molar-refractivity contribution in [3.05, 3.63) is 69.8 Å². The van der Waals surface area contributed by atoms with Gasteiger partial charge in [-0.3, -0.25) is 10.1 Å². The normalized spacial score (nSPS) is 14.3. The highest BCUT2D eigenvalue weighted by Crippen LogP contribution is 2.26. The van der Waals surface area contributed by atoms with Crippen LogP contribution in [0.4, 0.5) is 5.69 Å². The number of aliphatic hydroxyl groups is 1. The number of aryl methyl sites for hydroxylation is 1. The molecule has 0 radical (unpaired) electrons. The number of nitro benzene ring substituents is 1. The van der Waals surface area contributed by atoms with Gasteiger partial charge in [-0.2, -0.15) is 0 Å².